The Morgan fingerprint density at radius 1 is 0.943 bits per heavy atom. The van der Waals surface area contributed by atoms with Crippen LogP contribution in [0.3, 0.4) is 0 Å². The molecule has 3 heterocycles. The number of urea groups is 1. The van der Waals surface area contributed by atoms with Crippen LogP contribution in [0.4, 0.5) is 10.5 Å². The molecule has 5 heteroatoms. The van der Waals surface area contributed by atoms with Gasteiger partial charge in [-0.1, -0.05) is 42.3 Å². The van der Waals surface area contributed by atoms with E-state index >= 15 is 0 Å². The van der Waals surface area contributed by atoms with Crippen LogP contribution in [0, 0.1) is 6.92 Å². The first-order valence-electron chi connectivity index (χ1n) is 13.2. The van der Waals surface area contributed by atoms with Crippen LogP contribution in [0.5, 0.6) is 0 Å². The molecule has 184 valence electrons. The van der Waals surface area contributed by atoms with Crippen LogP contribution in [-0.4, -0.2) is 46.0 Å². The van der Waals surface area contributed by atoms with Gasteiger partial charge in [0.1, 0.15) is 0 Å². The van der Waals surface area contributed by atoms with E-state index < -0.39 is 0 Å². The summed E-state index contributed by atoms with van der Waals surface area (Å²) in [5, 5.41) is 4.17. The van der Waals surface area contributed by atoms with Crippen LogP contribution >= 0.6 is 0 Å². The Morgan fingerprint density at radius 2 is 1.66 bits per heavy atom. The highest BCUT2D eigenvalue weighted by Gasteiger charge is 2.25. The Bertz CT molecular complexity index is 1160. The van der Waals surface area contributed by atoms with Gasteiger partial charge in [0.05, 0.1) is 11.2 Å². The molecular weight excluding hydrogens is 432 g/mol. The van der Waals surface area contributed by atoms with Crippen molar-refractivity contribution in [2.75, 3.05) is 18.4 Å². The number of amides is 2. The zero-order valence-electron chi connectivity index (χ0n) is 21.3. The monoisotopic (exact) mass is 470 g/mol. The van der Waals surface area contributed by atoms with Crippen LogP contribution in [-0.2, 0) is 6.54 Å². The second kappa shape index (κ2) is 10.4. The largest absolute Gasteiger partial charge is 0.324 e. The molecule has 0 bridgehead atoms. The van der Waals surface area contributed by atoms with Gasteiger partial charge in [0.2, 0.25) is 0 Å². The second-order valence-corrected chi connectivity index (χ2v) is 10.6. The Labute approximate surface area is 209 Å². The number of hydrogen-bond donors (Lipinski definition) is 1. The molecule has 35 heavy (non-hydrogen) atoms. The number of piperidine rings is 2. The molecule has 5 rings (SSSR count). The molecule has 2 aliphatic rings. The molecular formula is C30H38N4O. The second-order valence-electron chi connectivity index (χ2n) is 10.6. The van der Waals surface area contributed by atoms with E-state index in [1.54, 1.807) is 0 Å². The number of likely N-dealkylation sites (tertiary alicyclic amines) is 2. The number of anilines is 1. The van der Waals surface area contributed by atoms with Gasteiger partial charge in [-0.25, -0.2) is 4.79 Å². The van der Waals surface area contributed by atoms with Gasteiger partial charge in [0, 0.05) is 42.8 Å². The Morgan fingerprint density at radius 3 is 2.37 bits per heavy atom. The number of aryl methyl sites for hydroxylation is 1. The van der Waals surface area contributed by atoms with Gasteiger partial charge in [-0.05, 0) is 82.2 Å². The topological polar surface area (TPSA) is 48.5 Å². The number of nitrogens with zero attached hydrogens (tertiary/aromatic N) is 3. The highest BCUT2D eigenvalue weighted by Crippen LogP contribution is 2.29. The van der Waals surface area contributed by atoms with Crippen LogP contribution < -0.4 is 5.32 Å². The molecule has 2 atom stereocenters. The molecule has 2 unspecified atom stereocenters. The molecule has 0 radical (unpaired) electrons. The molecule has 5 nitrogen and oxygen atoms in total. The lowest BCUT2D eigenvalue weighted by Gasteiger charge is -2.38. The number of rotatable bonds is 4. The summed E-state index contributed by atoms with van der Waals surface area (Å²) < 4.78 is 0. The van der Waals surface area contributed by atoms with E-state index in [-0.39, 0.29) is 6.03 Å². The van der Waals surface area contributed by atoms with E-state index in [0.717, 1.165) is 54.8 Å². The number of benzene rings is 2. The number of fused-ring (bicyclic) bond motifs is 1. The van der Waals surface area contributed by atoms with Crippen molar-refractivity contribution in [3.63, 3.8) is 0 Å². The molecule has 1 aromatic heterocycles. The van der Waals surface area contributed by atoms with E-state index in [0.29, 0.717) is 18.0 Å². The summed E-state index contributed by atoms with van der Waals surface area (Å²) in [6, 6.07) is 20.4. The van der Waals surface area contributed by atoms with E-state index in [2.05, 4.69) is 67.4 Å². The zero-order chi connectivity index (χ0) is 24.4. The Balaban J connectivity index is 1.19. The average Bonchev–Trinajstić information content (AvgIpc) is 2.87. The van der Waals surface area contributed by atoms with Gasteiger partial charge < -0.3 is 10.2 Å². The van der Waals surface area contributed by atoms with Crippen molar-refractivity contribution in [1.29, 1.82) is 0 Å². The van der Waals surface area contributed by atoms with Gasteiger partial charge in [-0.15, -0.1) is 0 Å². The smallest absolute Gasteiger partial charge is 0.321 e. The van der Waals surface area contributed by atoms with Gasteiger partial charge in [0.15, 0.2) is 0 Å². The maximum Gasteiger partial charge on any atom is 0.321 e. The first-order chi connectivity index (χ1) is 17.0. The first kappa shape index (κ1) is 23.8. The zero-order valence-corrected chi connectivity index (χ0v) is 21.3. The summed E-state index contributed by atoms with van der Waals surface area (Å²) in [6.45, 7) is 9.25. The molecule has 0 saturated carbocycles. The minimum absolute atomic E-state index is 0.00985. The molecule has 2 fully saturated rings. The lowest BCUT2D eigenvalue weighted by atomic mass is 9.89. The van der Waals surface area contributed by atoms with Gasteiger partial charge in [-0.2, -0.15) is 0 Å². The fraction of sp³-hybridized carbons (Fsp3) is 0.467. The van der Waals surface area contributed by atoms with Crippen molar-refractivity contribution in [2.24, 2.45) is 0 Å². The number of pyridine rings is 1. The quantitative estimate of drug-likeness (QED) is 0.461. The standard InChI is InChI=1S/C30H38N4O/c1-21-7-9-24(10-8-21)25-15-17-33(18-16-25)30(35)32-27-13-14-29-26(19-27)11-12-28(31-29)20-34-22(2)5-4-6-23(34)3/h7-14,19,22-23,25H,4-6,15-18,20H2,1-3H3,(H,32,35). The number of hydrogen-bond acceptors (Lipinski definition) is 3. The van der Waals surface area contributed by atoms with E-state index in [1.807, 2.05) is 23.1 Å². The Kier molecular flexibility index (Phi) is 7.05. The van der Waals surface area contributed by atoms with Crippen molar-refractivity contribution >= 4 is 22.6 Å². The summed E-state index contributed by atoms with van der Waals surface area (Å²) in [4.78, 5) is 22.4. The first-order valence-corrected chi connectivity index (χ1v) is 13.2. The summed E-state index contributed by atoms with van der Waals surface area (Å²) in [6.07, 6.45) is 5.88. The van der Waals surface area contributed by atoms with Crippen molar-refractivity contribution in [3.8, 4) is 0 Å². The molecule has 0 aliphatic carbocycles. The van der Waals surface area contributed by atoms with E-state index in [4.69, 9.17) is 4.98 Å². The number of carbonyl (C=O) groups excluding carboxylic acids is 1. The average molecular weight is 471 g/mol. The SMILES string of the molecule is Cc1ccc(C2CCN(C(=O)Nc3ccc4nc(CN5C(C)CCCC5C)ccc4c3)CC2)cc1. The molecule has 2 aliphatic heterocycles. The number of carbonyl (C=O) groups is 1. The van der Waals surface area contributed by atoms with E-state index in [9.17, 15) is 4.79 Å². The van der Waals surface area contributed by atoms with Crippen LogP contribution in [0.2, 0.25) is 0 Å². The fourth-order valence-electron chi connectivity index (χ4n) is 5.76. The Hall–Kier alpha value is -2.92. The number of aromatic nitrogens is 1. The minimum atomic E-state index is -0.00985. The molecule has 2 amide bonds. The van der Waals surface area contributed by atoms with E-state index in [1.165, 1.54) is 30.4 Å². The van der Waals surface area contributed by atoms with Crippen molar-refractivity contribution in [1.82, 2.24) is 14.8 Å². The third-order valence-electron chi connectivity index (χ3n) is 8.05. The van der Waals surface area contributed by atoms with Gasteiger partial charge >= 0.3 is 6.03 Å². The molecule has 2 aromatic carbocycles. The molecule has 1 N–H and O–H groups in total. The van der Waals surface area contributed by atoms with Crippen molar-refractivity contribution < 1.29 is 4.79 Å². The predicted octanol–water partition coefficient (Wildman–Crippen LogP) is 6.72. The lowest BCUT2D eigenvalue weighted by Crippen LogP contribution is -2.43. The highest BCUT2D eigenvalue weighted by atomic mass is 16.2. The van der Waals surface area contributed by atoms with Crippen LogP contribution in [0.1, 0.15) is 68.7 Å². The fourth-order valence-corrected chi connectivity index (χ4v) is 5.76. The summed E-state index contributed by atoms with van der Waals surface area (Å²) in [7, 11) is 0. The maximum absolute atomic E-state index is 12.9. The number of nitrogens with one attached hydrogen (secondary N) is 1. The molecule has 2 saturated heterocycles. The van der Waals surface area contributed by atoms with Crippen molar-refractivity contribution in [3.05, 3.63) is 71.4 Å². The minimum Gasteiger partial charge on any atom is -0.324 e. The van der Waals surface area contributed by atoms with Crippen molar-refractivity contribution in [2.45, 2.75) is 77.4 Å². The summed E-state index contributed by atoms with van der Waals surface area (Å²) in [5.41, 5.74) is 5.61. The lowest BCUT2D eigenvalue weighted by molar-refractivity contribution is 0.0939. The summed E-state index contributed by atoms with van der Waals surface area (Å²) in [5.74, 6) is 0.538. The maximum atomic E-state index is 12.9. The molecule has 3 aromatic rings. The normalized spacial score (nSPS) is 21.9. The summed E-state index contributed by atoms with van der Waals surface area (Å²) >= 11 is 0. The van der Waals surface area contributed by atoms with Crippen LogP contribution in [0.25, 0.3) is 10.9 Å². The predicted molar refractivity (Wildman–Crippen MR) is 144 cm³/mol. The third kappa shape index (κ3) is 5.51. The van der Waals surface area contributed by atoms with Gasteiger partial charge in [-0.3, -0.25) is 9.88 Å². The highest BCUT2D eigenvalue weighted by molar-refractivity contribution is 5.92. The van der Waals surface area contributed by atoms with Gasteiger partial charge in [0.25, 0.3) is 0 Å². The third-order valence-corrected chi connectivity index (χ3v) is 8.05. The van der Waals surface area contributed by atoms with Crippen LogP contribution in [0.15, 0.2) is 54.6 Å². The molecule has 0 spiro atoms.